The Hall–Kier alpha value is -2.25. The van der Waals surface area contributed by atoms with Crippen molar-refractivity contribution in [3.63, 3.8) is 0 Å². The van der Waals surface area contributed by atoms with Gasteiger partial charge in [-0.25, -0.2) is 0 Å². The number of rotatable bonds is 4. The lowest BCUT2D eigenvalue weighted by Gasteiger charge is -2.32. The van der Waals surface area contributed by atoms with Crippen LogP contribution in [0.2, 0.25) is 0 Å². The Labute approximate surface area is 144 Å². The second kappa shape index (κ2) is 7.76. The number of para-hydroxylation sites is 1. The molecule has 25 heavy (non-hydrogen) atoms. The fourth-order valence-electron chi connectivity index (χ4n) is 2.80. The molecule has 1 aliphatic rings. The fraction of sp³-hybridized carbons (Fsp3) is 0.529. The highest BCUT2D eigenvalue weighted by Gasteiger charge is 2.34. The summed E-state index contributed by atoms with van der Waals surface area (Å²) in [7, 11) is 3.37. The van der Waals surface area contributed by atoms with Crippen LogP contribution in [0.25, 0.3) is 0 Å². The van der Waals surface area contributed by atoms with Gasteiger partial charge in [-0.3, -0.25) is 9.59 Å². The van der Waals surface area contributed by atoms with Gasteiger partial charge in [-0.2, -0.15) is 13.2 Å². The highest BCUT2D eigenvalue weighted by Crippen LogP contribution is 2.35. The molecule has 2 rings (SSSR count). The van der Waals surface area contributed by atoms with Gasteiger partial charge in [0.05, 0.1) is 5.56 Å². The van der Waals surface area contributed by atoms with Crippen LogP contribution in [-0.2, 0) is 15.8 Å². The number of hydrogen-bond acceptors (Lipinski definition) is 3. The van der Waals surface area contributed by atoms with E-state index < -0.39 is 18.3 Å². The lowest BCUT2D eigenvalue weighted by Crippen LogP contribution is -2.44. The van der Waals surface area contributed by atoms with E-state index in [1.165, 1.54) is 28.0 Å². The summed E-state index contributed by atoms with van der Waals surface area (Å²) < 4.78 is 43.8. The molecule has 0 unspecified atom stereocenters. The second-order valence-electron chi connectivity index (χ2n) is 6.17. The summed E-state index contributed by atoms with van der Waals surface area (Å²) in [4.78, 5) is 27.1. The van der Waals surface area contributed by atoms with E-state index in [0.717, 1.165) is 6.07 Å². The molecule has 0 bridgehead atoms. The SMILES string of the molecule is CN(C)C(=O)C1CCN(C(=O)COc2ccccc2C(F)(F)F)CC1. The molecule has 0 N–H and O–H groups in total. The Balaban J connectivity index is 1.89. The van der Waals surface area contributed by atoms with Crippen LogP contribution in [-0.4, -0.2) is 55.4 Å². The van der Waals surface area contributed by atoms with Crippen molar-refractivity contribution >= 4 is 11.8 Å². The number of ether oxygens (including phenoxy) is 1. The number of halogens is 3. The van der Waals surface area contributed by atoms with Crippen molar-refractivity contribution in [2.45, 2.75) is 19.0 Å². The molecule has 8 heteroatoms. The van der Waals surface area contributed by atoms with Gasteiger partial charge in [0.2, 0.25) is 5.91 Å². The number of carbonyl (C=O) groups excluding carboxylic acids is 2. The van der Waals surface area contributed by atoms with Gasteiger partial charge in [0.1, 0.15) is 5.75 Å². The number of likely N-dealkylation sites (tertiary alicyclic amines) is 1. The summed E-state index contributed by atoms with van der Waals surface area (Å²) in [5.74, 6) is -0.831. The first kappa shape index (κ1) is 19.1. The first-order chi connectivity index (χ1) is 11.7. The van der Waals surface area contributed by atoms with E-state index in [-0.39, 0.29) is 23.5 Å². The molecule has 1 aromatic rings. The molecular weight excluding hydrogens is 337 g/mol. The van der Waals surface area contributed by atoms with E-state index in [9.17, 15) is 22.8 Å². The first-order valence-electron chi connectivity index (χ1n) is 7.98. The standard InChI is InChI=1S/C17H21F3N2O3/c1-21(2)16(24)12-7-9-22(10-8-12)15(23)11-25-14-6-4-3-5-13(14)17(18,19)20/h3-6,12H,7-11H2,1-2H3. The van der Waals surface area contributed by atoms with E-state index in [2.05, 4.69) is 0 Å². The van der Waals surface area contributed by atoms with Crippen LogP contribution in [0.5, 0.6) is 5.75 Å². The zero-order valence-electron chi connectivity index (χ0n) is 14.2. The molecule has 1 aromatic carbocycles. The van der Waals surface area contributed by atoms with E-state index in [4.69, 9.17) is 4.74 Å². The molecule has 0 aliphatic carbocycles. The lowest BCUT2D eigenvalue weighted by molar-refractivity contribution is -0.142. The van der Waals surface area contributed by atoms with Crippen molar-refractivity contribution in [1.82, 2.24) is 9.80 Å². The highest BCUT2D eigenvalue weighted by molar-refractivity contribution is 5.80. The number of benzene rings is 1. The monoisotopic (exact) mass is 358 g/mol. The van der Waals surface area contributed by atoms with E-state index in [1.54, 1.807) is 14.1 Å². The highest BCUT2D eigenvalue weighted by atomic mass is 19.4. The number of alkyl halides is 3. The van der Waals surface area contributed by atoms with E-state index in [0.29, 0.717) is 25.9 Å². The van der Waals surface area contributed by atoms with Crippen LogP contribution in [0.3, 0.4) is 0 Å². The summed E-state index contributed by atoms with van der Waals surface area (Å²) in [5, 5.41) is 0. The van der Waals surface area contributed by atoms with Gasteiger partial charge in [0.15, 0.2) is 6.61 Å². The van der Waals surface area contributed by atoms with Crippen molar-refractivity contribution in [3.8, 4) is 5.75 Å². The minimum atomic E-state index is -4.54. The zero-order chi connectivity index (χ0) is 18.6. The summed E-state index contributed by atoms with van der Waals surface area (Å²) in [5.41, 5.74) is -0.905. The number of amides is 2. The Kier molecular flexibility index (Phi) is 5.92. The van der Waals surface area contributed by atoms with Crippen molar-refractivity contribution in [2.75, 3.05) is 33.8 Å². The van der Waals surface area contributed by atoms with Gasteiger partial charge in [0.25, 0.3) is 5.91 Å². The van der Waals surface area contributed by atoms with Gasteiger partial charge < -0.3 is 14.5 Å². The Morgan fingerprint density at radius 1 is 1.20 bits per heavy atom. The second-order valence-corrected chi connectivity index (χ2v) is 6.17. The molecule has 5 nitrogen and oxygen atoms in total. The zero-order valence-corrected chi connectivity index (χ0v) is 14.2. The van der Waals surface area contributed by atoms with Gasteiger partial charge in [-0.05, 0) is 25.0 Å². The van der Waals surface area contributed by atoms with Crippen LogP contribution in [0.4, 0.5) is 13.2 Å². The molecular formula is C17H21F3N2O3. The van der Waals surface area contributed by atoms with Crippen molar-refractivity contribution < 1.29 is 27.5 Å². The topological polar surface area (TPSA) is 49.9 Å². The summed E-state index contributed by atoms with van der Waals surface area (Å²) in [6.45, 7) is 0.333. The van der Waals surface area contributed by atoms with Crippen molar-refractivity contribution in [1.29, 1.82) is 0 Å². The molecule has 138 valence electrons. The number of piperidine rings is 1. The third-order valence-corrected chi connectivity index (χ3v) is 4.18. The van der Waals surface area contributed by atoms with Gasteiger partial charge in [0, 0.05) is 33.1 Å². The molecule has 2 amide bonds. The molecule has 0 atom stereocenters. The molecule has 0 aromatic heterocycles. The molecule has 1 heterocycles. The molecule has 1 aliphatic heterocycles. The quantitative estimate of drug-likeness (QED) is 0.831. The first-order valence-corrected chi connectivity index (χ1v) is 7.98. The van der Waals surface area contributed by atoms with Crippen LogP contribution in [0, 0.1) is 5.92 Å². The van der Waals surface area contributed by atoms with Crippen LogP contribution >= 0.6 is 0 Å². The van der Waals surface area contributed by atoms with Gasteiger partial charge >= 0.3 is 6.18 Å². The van der Waals surface area contributed by atoms with E-state index in [1.807, 2.05) is 0 Å². The maximum atomic E-state index is 12.9. The number of hydrogen-bond donors (Lipinski definition) is 0. The largest absolute Gasteiger partial charge is 0.483 e. The number of carbonyl (C=O) groups is 2. The molecule has 0 saturated carbocycles. The minimum Gasteiger partial charge on any atom is -0.483 e. The maximum Gasteiger partial charge on any atom is 0.419 e. The van der Waals surface area contributed by atoms with Crippen LogP contribution in [0.15, 0.2) is 24.3 Å². The molecule has 0 radical (unpaired) electrons. The summed E-state index contributed by atoms with van der Waals surface area (Å²) in [6.07, 6.45) is -3.45. The average molecular weight is 358 g/mol. The van der Waals surface area contributed by atoms with Gasteiger partial charge in [-0.1, -0.05) is 12.1 Å². The van der Waals surface area contributed by atoms with Gasteiger partial charge in [-0.15, -0.1) is 0 Å². The average Bonchev–Trinajstić information content (AvgIpc) is 2.58. The lowest BCUT2D eigenvalue weighted by atomic mass is 9.95. The molecule has 0 spiro atoms. The Morgan fingerprint density at radius 3 is 2.36 bits per heavy atom. The normalized spacial score (nSPS) is 15.8. The smallest absolute Gasteiger partial charge is 0.419 e. The predicted molar refractivity (Wildman–Crippen MR) is 84.9 cm³/mol. The fourth-order valence-corrected chi connectivity index (χ4v) is 2.80. The van der Waals surface area contributed by atoms with Crippen molar-refractivity contribution in [3.05, 3.63) is 29.8 Å². The Morgan fingerprint density at radius 2 is 1.80 bits per heavy atom. The predicted octanol–water partition coefficient (Wildman–Crippen LogP) is 2.41. The molecule has 1 saturated heterocycles. The summed E-state index contributed by atoms with van der Waals surface area (Å²) >= 11 is 0. The summed E-state index contributed by atoms with van der Waals surface area (Å²) in [6, 6.07) is 4.80. The van der Waals surface area contributed by atoms with Crippen LogP contribution < -0.4 is 4.74 Å². The third kappa shape index (κ3) is 4.87. The third-order valence-electron chi connectivity index (χ3n) is 4.18. The van der Waals surface area contributed by atoms with E-state index >= 15 is 0 Å². The maximum absolute atomic E-state index is 12.9. The minimum absolute atomic E-state index is 0.0300. The number of nitrogens with zero attached hydrogens (tertiary/aromatic N) is 2. The van der Waals surface area contributed by atoms with Crippen molar-refractivity contribution in [2.24, 2.45) is 5.92 Å². The Bertz CT molecular complexity index is 624. The van der Waals surface area contributed by atoms with Crippen LogP contribution in [0.1, 0.15) is 18.4 Å². The molecule has 1 fully saturated rings.